The predicted octanol–water partition coefficient (Wildman–Crippen LogP) is 3.35. The molecule has 1 aromatic rings. The summed E-state index contributed by atoms with van der Waals surface area (Å²) in [4.78, 5) is 11.3. The van der Waals surface area contributed by atoms with Crippen LogP contribution < -0.4 is 5.46 Å². The van der Waals surface area contributed by atoms with Crippen molar-refractivity contribution >= 4 is 12.6 Å². The predicted molar refractivity (Wildman–Crippen MR) is 91.3 cm³/mol. The lowest BCUT2D eigenvalue weighted by molar-refractivity contribution is -0.546. The van der Waals surface area contributed by atoms with E-state index in [4.69, 9.17) is 9.31 Å². The Labute approximate surface area is 138 Å². The molecule has 2 rings (SSSR count). The first kappa shape index (κ1) is 18.0. The quantitative estimate of drug-likeness (QED) is 0.487. The Bertz CT molecular complexity index is 591. The minimum absolute atomic E-state index is 0.219. The molecule has 0 aromatic heterocycles. The average Bonchev–Trinajstić information content (AvgIpc) is 2.56. The lowest BCUT2D eigenvalue weighted by Crippen LogP contribution is -2.41. The number of rotatable bonds is 3. The minimum Gasteiger partial charge on any atom is -0.399 e. The molecule has 0 N–H and O–H groups in total. The lowest BCUT2D eigenvalue weighted by Gasteiger charge is -2.32. The first-order valence-electron chi connectivity index (χ1n) is 7.94. The molecule has 1 saturated heterocycles. The molecule has 6 heteroatoms. The van der Waals surface area contributed by atoms with Crippen LogP contribution in [0.3, 0.4) is 0 Å². The van der Waals surface area contributed by atoms with Crippen LogP contribution >= 0.6 is 0 Å². The number of nitro groups is 1. The van der Waals surface area contributed by atoms with Gasteiger partial charge in [-0.25, -0.2) is 0 Å². The second-order valence-corrected chi connectivity index (χ2v) is 8.31. The van der Waals surface area contributed by atoms with E-state index >= 15 is 0 Å². The van der Waals surface area contributed by atoms with Crippen molar-refractivity contribution in [3.63, 3.8) is 0 Å². The molecule has 1 aromatic carbocycles. The maximum Gasteiger partial charge on any atom is 0.494 e. The van der Waals surface area contributed by atoms with Crippen molar-refractivity contribution in [3.05, 3.63) is 39.9 Å². The van der Waals surface area contributed by atoms with Gasteiger partial charge in [-0.15, -0.1) is 0 Å². The first-order valence-corrected chi connectivity index (χ1v) is 7.94. The molecule has 5 nitrogen and oxygen atoms in total. The van der Waals surface area contributed by atoms with Gasteiger partial charge in [-0.3, -0.25) is 10.1 Å². The fraction of sp³-hybridized carbons (Fsp3) is 0.647. The summed E-state index contributed by atoms with van der Waals surface area (Å²) in [6.45, 7) is 13.6. The van der Waals surface area contributed by atoms with Gasteiger partial charge in [0, 0.05) is 15.9 Å². The van der Waals surface area contributed by atoms with E-state index in [0.29, 0.717) is 5.56 Å². The van der Waals surface area contributed by atoms with E-state index in [-0.39, 0.29) is 4.92 Å². The van der Waals surface area contributed by atoms with Crippen LogP contribution in [0, 0.1) is 15.5 Å². The maximum absolute atomic E-state index is 11.5. The van der Waals surface area contributed by atoms with Crippen molar-refractivity contribution in [2.24, 2.45) is 5.41 Å². The molecule has 1 unspecified atom stereocenters. The highest BCUT2D eigenvalue weighted by molar-refractivity contribution is 6.62. The van der Waals surface area contributed by atoms with Crippen LogP contribution in [0.1, 0.15) is 60.1 Å². The van der Waals surface area contributed by atoms with Crippen LogP contribution in [0.25, 0.3) is 0 Å². The van der Waals surface area contributed by atoms with E-state index in [1.165, 1.54) is 0 Å². The molecular formula is C17H26BNO4. The molecule has 126 valence electrons. The smallest absolute Gasteiger partial charge is 0.399 e. The van der Waals surface area contributed by atoms with Crippen molar-refractivity contribution in [1.29, 1.82) is 0 Å². The van der Waals surface area contributed by atoms with E-state index in [1.54, 1.807) is 6.07 Å². The molecule has 1 atom stereocenters. The van der Waals surface area contributed by atoms with Gasteiger partial charge in [0.15, 0.2) is 0 Å². The summed E-state index contributed by atoms with van der Waals surface area (Å²) >= 11 is 0. The molecule has 0 spiro atoms. The summed E-state index contributed by atoms with van der Waals surface area (Å²) in [7, 11) is -0.507. The van der Waals surface area contributed by atoms with E-state index in [0.717, 1.165) is 5.46 Å². The van der Waals surface area contributed by atoms with Gasteiger partial charge < -0.3 is 9.31 Å². The normalized spacial score (nSPS) is 21.3. The highest BCUT2D eigenvalue weighted by Gasteiger charge is 2.52. The SMILES string of the molecule is CC(C)(C)C(c1cccc(B2OC(C)(C)C(C)(C)O2)c1)[N+](=O)[O-]. The standard InChI is InChI=1S/C17H26BNO4/c1-15(2,3)14(19(20)21)12-9-8-10-13(11-12)18-22-16(4,5)17(6,7)23-18/h8-11,14H,1-7H3. The van der Waals surface area contributed by atoms with E-state index < -0.39 is 29.8 Å². The summed E-state index contributed by atoms with van der Waals surface area (Å²) in [6, 6.07) is 6.59. The minimum atomic E-state index is -0.773. The zero-order chi connectivity index (χ0) is 17.6. The zero-order valence-corrected chi connectivity index (χ0v) is 15.0. The van der Waals surface area contributed by atoms with Crippen molar-refractivity contribution < 1.29 is 14.2 Å². The average molecular weight is 319 g/mol. The summed E-state index contributed by atoms with van der Waals surface area (Å²) < 4.78 is 12.1. The zero-order valence-electron chi connectivity index (χ0n) is 15.0. The molecular weight excluding hydrogens is 293 g/mol. The van der Waals surface area contributed by atoms with Crippen LogP contribution in [0.5, 0.6) is 0 Å². The second-order valence-electron chi connectivity index (χ2n) is 8.31. The van der Waals surface area contributed by atoms with Gasteiger partial charge in [-0.2, -0.15) is 0 Å². The summed E-state index contributed by atoms with van der Waals surface area (Å²) in [5, 5.41) is 11.5. The Balaban J connectivity index is 2.37. The van der Waals surface area contributed by atoms with Crippen LogP contribution in [-0.2, 0) is 9.31 Å². The Kier molecular flexibility index (Phi) is 4.37. The molecule has 0 bridgehead atoms. The van der Waals surface area contributed by atoms with Crippen LogP contribution in [0.4, 0.5) is 0 Å². The topological polar surface area (TPSA) is 61.6 Å². The van der Waals surface area contributed by atoms with Gasteiger partial charge in [0.2, 0.25) is 6.04 Å². The van der Waals surface area contributed by atoms with E-state index in [9.17, 15) is 10.1 Å². The molecule has 0 amide bonds. The third kappa shape index (κ3) is 3.43. The molecule has 1 aliphatic heterocycles. The highest BCUT2D eigenvalue weighted by Crippen LogP contribution is 2.38. The molecule has 1 fully saturated rings. The van der Waals surface area contributed by atoms with Crippen LogP contribution in [0.15, 0.2) is 24.3 Å². The number of hydrogen-bond donors (Lipinski definition) is 0. The van der Waals surface area contributed by atoms with Gasteiger partial charge in [0.05, 0.1) is 11.2 Å². The van der Waals surface area contributed by atoms with Crippen molar-refractivity contribution in [2.75, 3.05) is 0 Å². The van der Waals surface area contributed by atoms with Gasteiger partial charge in [0.25, 0.3) is 0 Å². The Morgan fingerprint density at radius 1 is 1.13 bits per heavy atom. The molecule has 0 radical (unpaired) electrons. The lowest BCUT2D eigenvalue weighted by atomic mass is 9.75. The van der Waals surface area contributed by atoms with Crippen molar-refractivity contribution in [3.8, 4) is 0 Å². The van der Waals surface area contributed by atoms with Crippen molar-refractivity contribution in [1.82, 2.24) is 0 Å². The number of benzene rings is 1. The van der Waals surface area contributed by atoms with Gasteiger partial charge in [-0.05, 0) is 33.2 Å². The Hall–Kier alpha value is -1.40. The van der Waals surface area contributed by atoms with Crippen LogP contribution in [-0.4, -0.2) is 23.2 Å². The Morgan fingerprint density at radius 3 is 2.09 bits per heavy atom. The van der Waals surface area contributed by atoms with Gasteiger partial charge >= 0.3 is 7.12 Å². The highest BCUT2D eigenvalue weighted by atomic mass is 16.7. The summed E-state index contributed by atoms with van der Waals surface area (Å²) in [6.07, 6.45) is 0. The van der Waals surface area contributed by atoms with E-state index in [1.807, 2.05) is 66.7 Å². The molecule has 1 aliphatic rings. The molecule has 1 heterocycles. The van der Waals surface area contributed by atoms with Gasteiger partial charge in [-0.1, -0.05) is 45.0 Å². The Morgan fingerprint density at radius 2 is 1.65 bits per heavy atom. The van der Waals surface area contributed by atoms with Crippen molar-refractivity contribution in [2.45, 2.75) is 65.7 Å². The fourth-order valence-corrected chi connectivity index (χ4v) is 2.79. The molecule has 0 aliphatic carbocycles. The molecule has 23 heavy (non-hydrogen) atoms. The fourth-order valence-electron chi connectivity index (χ4n) is 2.79. The second kappa shape index (κ2) is 5.60. The summed E-state index contributed by atoms with van der Waals surface area (Å²) in [5.74, 6) is 0. The summed E-state index contributed by atoms with van der Waals surface area (Å²) in [5.41, 5.74) is 0.158. The third-order valence-corrected chi connectivity index (χ3v) is 4.78. The monoisotopic (exact) mass is 319 g/mol. The largest absolute Gasteiger partial charge is 0.494 e. The molecule has 0 saturated carbocycles. The third-order valence-electron chi connectivity index (χ3n) is 4.78. The van der Waals surface area contributed by atoms with Gasteiger partial charge in [0.1, 0.15) is 0 Å². The number of hydrogen-bond acceptors (Lipinski definition) is 4. The van der Waals surface area contributed by atoms with Crippen LogP contribution in [0.2, 0.25) is 0 Å². The first-order chi connectivity index (χ1) is 10.3. The van der Waals surface area contributed by atoms with E-state index in [2.05, 4.69) is 0 Å². The maximum atomic E-state index is 11.5. The number of nitrogens with zero attached hydrogens (tertiary/aromatic N) is 1.